The molecule has 0 saturated heterocycles. The Bertz CT molecular complexity index is 2400. The Balaban J connectivity index is 1.22. The molecule has 1 atom stereocenters. The number of nitrogens with zero attached hydrogens (tertiary/aromatic N) is 5. The average molecular weight is 780 g/mol. The maximum absolute atomic E-state index is 13.8. The SMILES string of the molecule is Cc1cccc(CC(C)C)c1-c1nc(NS(=O)(=O)c2ccccc2C(=O)O)nc(OC[C@@H](CC23CC(C2)C3)NCc2cnc3cc(C(C)(C)C)n(C)c3n2)c1C. The summed E-state index contributed by atoms with van der Waals surface area (Å²) in [6.45, 7) is 15.5. The van der Waals surface area contributed by atoms with Crippen LogP contribution < -0.4 is 14.8 Å². The molecule has 3 N–H and O–H groups in total. The van der Waals surface area contributed by atoms with Crippen molar-refractivity contribution in [1.29, 1.82) is 0 Å². The van der Waals surface area contributed by atoms with Crippen LogP contribution in [0.2, 0.25) is 0 Å². The Kier molecular flexibility index (Phi) is 10.5. The van der Waals surface area contributed by atoms with Crippen LogP contribution in [0.5, 0.6) is 5.88 Å². The lowest BCUT2D eigenvalue weighted by Crippen LogP contribution is -2.55. The zero-order valence-electron chi connectivity index (χ0n) is 33.6. The first-order chi connectivity index (χ1) is 26.4. The fraction of sp³-hybridized carbons (Fsp3) is 0.465. The monoisotopic (exact) mass is 779 g/mol. The van der Waals surface area contributed by atoms with Crippen molar-refractivity contribution in [2.24, 2.45) is 24.3 Å². The van der Waals surface area contributed by atoms with Gasteiger partial charge >= 0.3 is 5.97 Å². The lowest BCUT2D eigenvalue weighted by molar-refractivity contribution is -0.119. The third-order valence-corrected chi connectivity index (χ3v) is 12.7. The second-order valence-corrected chi connectivity index (χ2v) is 19.1. The minimum absolute atomic E-state index is 0.0442. The maximum atomic E-state index is 13.8. The molecule has 296 valence electrons. The molecule has 3 saturated carbocycles. The molecule has 3 heterocycles. The molecule has 3 fully saturated rings. The Morgan fingerprint density at radius 2 is 1.79 bits per heavy atom. The van der Waals surface area contributed by atoms with E-state index >= 15 is 0 Å². The fourth-order valence-electron chi connectivity index (χ4n) is 8.62. The molecule has 56 heavy (non-hydrogen) atoms. The molecule has 0 aliphatic heterocycles. The second-order valence-electron chi connectivity index (χ2n) is 17.4. The van der Waals surface area contributed by atoms with Crippen LogP contribution in [0.15, 0.2) is 59.6 Å². The van der Waals surface area contributed by atoms with Gasteiger partial charge < -0.3 is 19.7 Å². The molecule has 0 radical (unpaired) electrons. The van der Waals surface area contributed by atoms with Gasteiger partial charge in [0.05, 0.1) is 23.1 Å². The van der Waals surface area contributed by atoms with Crippen molar-refractivity contribution in [3.8, 4) is 17.1 Å². The molecule has 2 bridgehead atoms. The van der Waals surface area contributed by atoms with Crippen LogP contribution in [0.4, 0.5) is 5.95 Å². The number of aromatic nitrogens is 5. The normalized spacial score (nSPS) is 18.4. The lowest BCUT2D eigenvalue weighted by atomic mass is 9.43. The van der Waals surface area contributed by atoms with Gasteiger partial charge in [-0.15, -0.1) is 0 Å². The summed E-state index contributed by atoms with van der Waals surface area (Å²) < 4.78 is 38.8. The molecule has 0 unspecified atom stereocenters. The summed E-state index contributed by atoms with van der Waals surface area (Å²) in [5, 5.41) is 13.5. The van der Waals surface area contributed by atoms with Gasteiger partial charge in [0.25, 0.3) is 10.0 Å². The molecule has 8 rings (SSSR count). The van der Waals surface area contributed by atoms with Gasteiger partial charge in [-0.05, 0) is 92.5 Å². The molecule has 2 aromatic carbocycles. The summed E-state index contributed by atoms with van der Waals surface area (Å²) in [4.78, 5) is 30.8. The summed E-state index contributed by atoms with van der Waals surface area (Å²) in [5.41, 5.74) is 7.81. The maximum Gasteiger partial charge on any atom is 0.337 e. The number of ether oxygens (including phenoxy) is 1. The zero-order valence-corrected chi connectivity index (χ0v) is 34.4. The van der Waals surface area contributed by atoms with Gasteiger partial charge in [-0.2, -0.15) is 4.98 Å². The first kappa shape index (κ1) is 39.4. The van der Waals surface area contributed by atoms with Crippen LogP contribution in [-0.2, 0) is 35.5 Å². The van der Waals surface area contributed by atoms with E-state index < -0.39 is 16.0 Å². The lowest BCUT2D eigenvalue weighted by Gasteiger charge is -2.63. The number of nitrogens with one attached hydrogen (secondary N) is 2. The van der Waals surface area contributed by atoms with Crippen molar-refractivity contribution in [2.45, 2.75) is 103 Å². The summed E-state index contributed by atoms with van der Waals surface area (Å²) in [6, 6.07) is 13.6. The predicted octanol–water partition coefficient (Wildman–Crippen LogP) is 7.76. The number of hydrogen-bond acceptors (Lipinski definition) is 9. The Morgan fingerprint density at radius 3 is 2.45 bits per heavy atom. The van der Waals surface area contributed by atoms with Crippen LogP contribution in [0.1, 0.15) is 98.7 Å². The van der Waals surface area contributed by atoms with E-state index in [9.17, 15) is 18.3 Å². The highest BCUT2D eigenvalue weighted by Gasteiger charge is 2.56. The van der Waals surface area contributed by atoms with Crippen LogP contribution in [0, 0.1) is 31.1 Å². The predicted molar refractivity (Wildman–Crippen MR) is 217 cm³/mol. The van der Waals surface area contributed by atoms with Crippen molar-refractivity contribution in [2.75, 3.05) is 11.3 Å². The molecule has 5 aromatic rings. The Labute approximate surface area is 329 Å². The van der Waals surface area contributed by atoms with E-state index in [0.717, 1.165) is 52.3 Å². The number of carboxylic acids is 1. The number of carbonyl (C=O) groups is 1. The van der Waals surface area contributed by atoms with E-state index in [0.29, 0.717) is 29.1 Å². The average Bonchev–Trinajstić information content (AvgIpc) is 3.43. The largest absolute Gasteiger partial charge is 0.478 e. The number of fused-ring (bicyclic) bond motifs is 1. The first-order valence-corrected chi connectivity index (χ1v) is 20.9. The standard InChI is InChI=1S/C43H53N7O5S/c1-25(2)16-29-13-11-12-26(3)36(29)37-27(4)39(48-41(47-37)49-56(53,54)34-15-10-9-14-32(34)40(51)52)55-24-30(21-43-18-28(19-43)20-43)44-22-31-23-45-33-17-35(42(5,6)7)50(8)38(33)46-31/h9-15,17,23,25,28,30,44H,16,18-22,24H2,1-8H3,(H,51,52)(H,47,48,49)/t28?,30-,43?/m1/s1. The van der Waals surface area contributed by atoms with E-state index in [1.807, 2.05) is 39.2 Å². The van der Waals surface area contributed by atoms with Crippen molar-refractivity contribution in [3.63, 3.8) is 0 Å². The van der Waals surface area contributed by atoms with Crippen molar-refractivity contribution in [3.05, 3.63) is 88.4 Å². The molecule has 0 amide bonds. The number of benzene rings is 2. The van der Waals surface area contributed by atoms with Gasteiger partial charge in [-0.25, -0.2) is 27.9 Å². The van der Waals surface area contributed by atoms with Gasteiger partial charge in [-0.3, -0.25) is 4.98 Å². The number of sulfonamides is 1. The van der Waals surface area contributed by atoms with Crippen LogP contribution >= 0.6 is 0 Å². The smallest absolute Gasteiger partial charge is 0.337 e. The molecule has 12 nitrogen and oxygen atoms in total. The topological polar surface area (TPSA) is 161 Å². The van der Waals surface area contributed by atoms with Crippen LogP contribution in [0.25, 0.3) is 22.4 Å². The number of rotatable bonds is 15. The van der Waals surface area contributed by atoms with Gasteiger partial charge in [0, 0.05) is 41.9 Å². The van der Waals surface area contributed by atoms with Crippen LogP contribution in [-0.4, -0.2) is 56.6 Å². The van der Waals surface area contributed by atoms with E-state index in [-0.39, 0.29) is 40.4 Å². The van der Waals surface area contributed by atoms with E-state index in [2.05, 4.69) is 66.3 Å². The third-order valence-electron chi connectivity index (χ3n) is 11.3. The quantitative estimate of drug-likeness (QED) is 0.0958. The van der Waals surface area contributed by atoms with Gasteiger partial charge in [0.15, 0.2) is 5.65 Å². The highest BCUT2D eigenvalue weighted by molar-refractivity contribution is 7.92. The third kappa shape index (κ3) is 7.88. The Hall–Kier alpha value is -4.88. The summed E-state index contributed by atoms with van der Waals surface area (Å²) >= 11 is 0. The Morgan fingerprint density at radius 1 is 1.05 bits per heavy atom. The first-order valence-electron chi connectivity index (χ1n) is 19.4. The minimum atomic E-state index is -4.41. The van der Waals surface area contributed by atoms with Crippen molar-refractivity contribution < 1.29 is 23.1 Å². The van der Waals surface area contributed by atoms with Gasteiger partial charge in [0.1, 0.15) is 17.0 Å². The van der Waals surface area contributed by atoms with Crippen molar-refractivity contribution >= 4 is 33.1 Å². The number of aryl methyl sites for hydroxylation is 2. The molecule has 3 aromatic heterocycles. The van der Waals surface area contributed by atoms with E-state index in [1.54, 1.807) is 0 Å². The molecular formula is C43H53N7O5S. The summed E-state index contributed by atoms with van der Waals surface area (Å²) in [7, 11) is -2.37. The van der Waals surface area contributed by atoms with Crippen molar-refractivity contribution in [1.82, 2.24) is 29.8 Å². The number of carboxylic acid groups (broad SMARTS) is 1. The highest BCUT2D eigenvalue weighted by Crippen LogP contribution is 2.66. The molecule has 0 spiro atoms. The second kappa shape index (κ2) is 14.9. The van der Waals surface area contributed by atoms with Crippen LogP contribution in [0.3, 0.4) is 0 Å². The minimum Gasteiger partial charge on any atom is -0.478 e. The fourth-order valence-corrected chi connectivity index (χ4v) is 9.77. The number of anilines is 1. The molecular weight excluding hydrogens is 727 g/mol. The highest BCUT2D eigenvalue weighted by atomic mass is 32.2. The molecule has 13 heteroatoms. The summed E-state index contributed by atoms with van der Waals surface area (Å²) in [6.07, 6.45) is 7.22. The molecule has 3 aliphatic rings. The van der Waals surface area contributed by atoms with E-state index in [4.69, 9.17) is 19.7 Å². The number of hydrogen-bond donors (Lipinski definition) is 3. The van der Waals surface area contributed by atoms with Gasteiger partial charge in [0.2, 0.25) is 11.8 Å². The number of aromatic carboxylic acids is 1. The van der Waals surface area contributed by atoms with Gasteiger partial charge in [-0.1, -0.05) is 65.0 Å². The van der Waals surface area contributed by atoms with E-state index in [1.165, 1.54) is 49.2 Å². The molecule has 3 aliphatic carbocycles. The summed E-state index contributed by atoms with van der Waals surface area (Å²) in [5.74, 6) is -0.131. The zero-order chi connectivity index (χ0) is 40.2.